The van der Waals surface area contributed by atoms with Gasteiger partial charge < -0.3 is 4.90 Å². The van der Waals surface area contributed by atoms with Gasteiger partial charge in [0, 0.05) is 31.3 Å². The van der Waals surface area contributed by atoms with E-state index in [-0.39, 0.29) is 11.9 Å². The van der Waals surface area contributed by atoms with Gasteiger partial charge in [-0.25, -0.2) is 13.1 Å². The van der Waals surface area contributed by atoms with Crippen molar-refractivity contribution < 1.29 is 13.2 Å². The van der Waals surface area contributed by atoms with Crippen LogP contribution in [0.3, 0.4) is 0 Å². The summed E-state index contributed by atoms with van der Waals surface area (Å²) in [6, 6.07) is 16.8. The highest BCUT2D eigenvalue weighted by Gasteiger charge is 2.28. The lowest BCUT2D eigenvalue weighted by molar-refractivity contribution is -0.130. The normalized spacial score (nSPS) is 16.7. The molecule has 156 valence electrons. The number of aryl methyl sites for hydroxylation is 1. The molecule has 7 nitrogen and oxygen atoms in total. The molecule has 1 amide bonds. The van der Waals surface area contributed by atoms with Gasteiger partial charge in [0.05, 0.1) is 17.1 Å². The fraction of sp³-hybridized carbons (Fsp3) is 0.318. The summed E-state index contributed by atoms with van der Waals surface area (Å²) in [5.41, 5.74) is 2.81. The van der Waals surface area contributed by atoms with Crippen molar-refractivity contribution in [2.75, 3.05) is 19.3 Å². The van der Waals surface area contributed by atoms with Crippen molar-refractivity contribution >= 4 is 15.7 Å². The molecule has 0 saturated carbocycles. The fourth-order valence-electron chi connectivity index (χ4n) is 3.69. The summed E-state index contributed by atoms with van der Waals surface area (Å²) >= 11 is 0. The molecule has 2 aromatic carbocycles. The first-order chi connectivity index (χ1) is 14.4. The molecular weight excluding hydrogens is 400 g/mol. The topological polar surface area (TPSA) is 85.2 Å². The van der Waals surface area contributed by atoms with Crippen molar-refractivity contribution in [3.05, 3.63) is 66.4 Å². The highest BCUT2D eigenvalue weighted by molar-refractivity contribution is 7.90. The number of hydrogen-bond donors (Lipinski definition) is 0. The van der Waals surface area contributed by atoms with E-state index in [4.69, 9.17) is 0 Å². The van der Waals surface area contributed by atoms with Crippen LogP contribution < -0.4 is 0 Å². The number of sulfone groups is 1. The number of nitrogens with zero attached hydrogens (tertiary/aromatic N) is 4. The minimum atomic E-state index is -3.20. The van der Waals surface area contributed by atoms with Gasteiger partial charge >= 0.3 is 0 Å². The summed E-state index contributed by atoms with van der Waals surface area (Å²) in [5.74, 6) is 0.105. The first-order valence-electron chi connectivity index (χ1n) is 9.94. The number of benzene rings is 2. The maximum atomic E-state index is 12.6. The van der Waals surface area contributed by atoms with Gasteiger partial charge in [-0.2, -0.15) is 0 Å². The second-order valence-electron chi connectivity index (χ2n) is 7.65. The Kier molecular flexibility index (Phi) is 5.67. The molecule has 2 heterocycles. The number of aromatic nitrogens is 3. The van der Waals surface area contributed by atoms with Crippen LogP contribution in [0.5, 0.6) is 0 Å². The van der Waals surface area contributed by atoms with Crippen molar-refractivity contribution in [1.82, 2.24) is 19.9 Å². The quantitative estimate of drug-likeness (QED) is 0.607. The number of rotatable bonds is 6. The molecule has 1 aliphatic heterocycles. The van der Waals surface area contributed by atoms with Gasteiger partial charge in [0.25, 0.3) is 0 Å². The van der Waals surface area contributed by atoms with E-state index in [0.29, 0.717) is 30.8 Å². The molecule has 3 aromatic rings. The lowest BCUT2D eigenvalue weighted by atomic mass is 10.1. The third kappa shape index (κ3) is 4.59. The maximum Gasteiger partial charge on any atom is 0.222 e. The molecule has 1 aliphatic rings. The Morgan fingerprint density at radius 1 is 1.10 bits per heavy atom. The number of carbonyl (C=O) groups excluding carboxylic acids is 1. The van der Waals surface area contributed by atoms with E-state index in [9.17, 15) is 13.2 Å². The molecule has 0 spiro atoms. The van der Waals surface area contributed by atoms with Crippen LogP contribution in [0.4, 0.5) is 0 Å². The summed E-state index contributed by atoms with van der Waals surface area (Å²) in [7, 11) is -3.20. The molecule has 0 radical (unpaired) electrons. The van der Waals surface area contributed by atoms with Crippen LogP contribution in [0.25, 0.3) is 11.3 Å². The number of hydrogen-bond acceptors (Lipinski definition) is 5. The molecule has 30 heavy (non-hydrogen) atoms. The zero-order chi connectivity index (χ0) is 21.1. The van der Waals surface area contributed by atoms with Crippen LogP contribution in [-0.4, -0.2) is 53.6 Å². The highest BCUT2D eigenvalue weighted by atomic mass is 32.2. The minimum Gasteiger partial charge on any atom is -0.340 e. The lowest BCUT2D eigenvalue weighted by Crippen LogP contribution is -2.29. The summed E-state index contributed by atoms with van der Waals surface area (Å²) in [5, 5.41) is 8.54. The van der Waals surface area contributed by atoms with Crippen molar-refractivity contribution in [2.24, 2.45) is 0 Å². The van der Waals surface area contributed by atoms with E-state index in [1.807, 2.05) is 46.1 Å². The minimum absolute atomic E-state index is 0.105. The van der Waals surface area contributed by atoms with Crippen LogP contribution in [0.15, 0.2) is 65.7 Å². The Hall–Kier alpha value is -3.00. The van der Waals surface area contributed by atoms with Crippen LogP contribution in [0.2, 0.25) is 0 Å². The summed E-state index contributed by atoms with van der Waals surface area (Å²) in [6.45, 7) is 1.33. The standard InChI is InChI=1S/C22H24N4O3S/c1-30(28,29)20-10-7-17(8-11-20)9-12-22(27)25-14-13-19(15-25)26-16-21(23-24-26)18-5-3-2-4-6-18/h2-8,10-11,16,19H,9,12-15H2,1H3. The predicted molar refractivity (Wildman–Crippen MR) is 114 cm³/mol. The maximum absolute atomic E-state index is 12.6. The summed E-state index contributed by atoms with van der Waals surface area (Å²) < 4.78 is 24.9. The van der Waals surface area contributed by atoms with Gasteiger partial charge in [0.2, 0.25) is 5.91 Å². The van der Waals surface area contributed by atoms with E-state index in [1.54, 1.807) is 24.3 Å². The van der Waals surface area contributed by atoms with E-state index in [1.165, 1.54) is 6.26 Å². The number of likely N-dealkylation sites (tertiary alicyclic amines) is 1. The zero-order valence-electron chi connectivity index (χ0n) is 16.8. The van der Waals surface area contributed by atoms with Gasteiger partial charge in [0.15, 0.2) is 9.84 Å². The third-order valence-corrected chi connectivity index (χ3v) is 6.58. The first-order valence-corrected chi connectivity index (χ1v) is 11.8. The Morgan fingerprint density at radius 2 is 1.83 bits per heavy atom. The molecule has 0 bridgehead atoms. The van der Waals surface area contributed by atoms with E-state index in [2.05, 4.69) is 10.3 Å². The summed E-state index contributed by atoms with van der Waals surface area (Å²) in [4.78, 5) is 14.8. The van der Waals surface area contributed by atoms with Gasteiger partial charge in [-0.1, -0.05) is 47.7 Å². The molecule has 1 atom stereocenters. The molecule has 1 saturated heterocycles. The smallest absolute Gasteiger partial charge is 0.222 e. The van der Waals surface area contributed by atoms with Crippen LogP contribution in [0.1, 0.15) is 24.4 Å². The molecular formula is C22H24N4O3S. The van der Waals surface area contributed by atoms with Gasteiger partial charge in [-0.15, -0.1) is 5.10 Å². The Balaban J connectivity index is 1.32. The molecule has 8 heteroatoms. The molecule has 1 unspecified atom stereocenters. The lowest BCUT2D eigenvalue weighted by Gasteiger charge is -2.16. The average Bonchev–Trinajstić information content (AvgIpc) is 3.42. The monoisotopic (exact) mass is 424 g/mol. The van der Waals surface area contributed by atoms with Crippen molar-refractivity contribution in [3.8, 4) is 11.3 Å². The SMILES string of the molecule is CS(=O)(=O)c1ccc(CCC(=O)N2CCC(n3cc(-c4ccccc4)nn3)C2)cc1. The number of amides is 1. The molecule has 0 N–H and O–H groups in total. The van der Waals surface area contributed by atoms with Crippen LogP contribution in [-0.2, 0) is 21.1 Å². The van der Waals surface area contributed by atoms with E-state index < -0.39 is 9.84 Å². The number of carbonyl (C=O) groups is 1. The van der Waals surface area contributed by atoms with Crippen molar-refractivity contribution in [3.63, 3.8) is 0 Å². The average molecular weight is 425 g/mol. The molecule has 4 rings (SSSR count). The molecule has 1 fully saturated rings. The van der Waals surface area contributed by atoms with E-state index in [0.717, 1.165) is 23.2 Å². The Morgan fingerprint density at radius 3 is 2.53 bits per heavy atom. The van der Waals surface area contributed by atoms with Gasteiger partial charge in [-0.05, 0) is 30.5 Å². The van der Waals surface area contributed by atoms with Gasteiger partial charge in [0.1, 0.15) is 5.69 Å². The summed E-state index contributed by atoms with van der Waals surface area (Å²) in [6.07, 6.45) is 4.97. The van der Waals surface area contributed by atoms with Crippen molar-refractivity contribution in [2.45, 2.75) is 30.2 Å². The highest BCUT2D eigenvalue weighted by Crippen LogP contribution is 2.24. The molecule has 1 aromatic heterocycles. The van der Waals surface area contributed by atoms with Crippen LogP contribution >= 0.6 is 0 Å². The second-order valence-corrected chi connectivity index (χ2v) is 9.66. The Bertz CT molecular complexity index is 1120. The zero-order valence-corrected chi connectivity index (χ0v) is 17.6. The Labute approximate surface area is 176 Å². The predicted octanol–water partition coefficient (Wildman–Crippen LogP) is 2.75. The van der Waals surface area contributed by atoms with E-state index >= 15 is 0 Å². The largest absolute Gasteiger partial charge is 0.340 e. The van der Waals surface area contributed by atoms with Crippen LogP contribution in [0, 0.1) is 0 Å². The first kappa shape index (κ1) is 20.3. The third-order valence-electron chi connectivity index (χ3n) is 5.45. The fourth-order valence-corrected chi connectivity index (χ4v) is 4.32. The molecule has 0 aliphatic carbocycles. The van der Waals surface area contributed by atoms with Crippen molar-refractivity contribution in [1.29, 1.82) is 0 Å². The second kappa shape index (κ2) is 8.39. The van der Waals surface area contributed by atoms with Gasteiger partial charge in [-0.3, -0.25) is 4.79 Å².